The van der Waals surface area contributed by atoms with Crippen LogP contribution in [0, 0.1) is 0 Å². The molecule has 1 atom stereocenters. The molecule has 1 fully saturated rings. The van der Waals surface area contributed by atoms with Crippen molar-refractivity contribution in [2.75, 3.05) is 6.54 Å². The van der Waals surface area contributed by atoms with Crippen molar-refractivity contribution in [3.63, 3.8) is 0 Å². The zero-order chi connectivity index (χ0) is 9.97. The van der Waals surface area contributed by atoms with Crippen molar-refractivity contribution in [2.45, 2.75) is 32.4 Å². The van der Waals surface area contributed by atoms with Crippen molar-refractivity contribution in [2.24, 2.45) is 0 Å². The molecule has 14 heavy (non-hydrogen) atoms. The van der Waals surface area contributed by atoms with E-state index >= 15 is 0 Å². The molecule has 1 aliphatic heterocycles. The average molecular weight is 210 g/mol. The SMILES string of the molecule is CC1CCCN1Cc1ccc(Cl)cc1. The summed E-state index contributed by atoms with van der Waals surface area (Å²) in [6, 6.07) is 8.92. The van der Waals surface area contributed by atoms with Crippen LogP contribution >= 0.6 is 11.6 Å². The van der Waals surface area contributed by atoms with Gasteiger partial charge in [0.2, 0.25) is 0 Å². The Morgan fingerprint density at radius 2 is 2.07 bits per heavy atom. The molecule has 2 heteroatoms. The summed E-state index contributed by atoms with van der Waals surface area (Å²) >= 11 is 5.84. The lowest BCUT2D eigenvalue weighted by Crippen LogP contribution is -2.26. The molecular formula is C12H16ClN. The molecule has 76 valence electrons. The fraction of sp³-hybridized carbons (Fsp3) is 0.500. The highest BCUT2D eigenvalue weighted by Gasteiger charge is 2.19. The largest absolute Gasteiger partial charge is 0.296 e. The first-order valence-electron chi connectivity index (χ1n) is 5.24. The Balaban J connectivity index is 2.00. The predicted octanol–water partition coefficient (Wildman–Crippen LogP) is 3.32. The van der Waals surface area contributed by atoms with Gasteiger partial charge in [-0.15, -0.1) is 0 Å². The van der Waals surface area contributed by atoms with Gasteiger partial charge in [0.1, 0.15) is 0 Å². The zero-order valence-corrected chi connectivity index (χ0v) is 9.30. The monoisotopic (exact) mass is 209 g/mol. The third kappa shape index (κ3) is 2.28. The molecule has 1 unspecified atom stereocenters. The van der Waals surface area contributed by atoms with Crippen molar-refractivity contribution in [3.05, 3.63) is 34.9 Å². The topological polar surface area (TPSA) is 3.24 Å². The number of hydrogen-bond acceptors (Lipinski definition) is 1. The van der Waals surface area contributed by atoms with Crippen LogP contribution in [0.1, 0.15) is 25.3 Å². The minimum atomic E-state index is 0.741. The molecule has 0 aromatic heterocycles. The van der Waals surface area contributed by atoms with Gasteiger partial charge in [-0.25, -0.2) is 0 Å². The van der Waals surface area contributed by atoms with E-state index in [2.05, 4.69) is 24.0 Å². The van der Waals surface area contributed by atoms with E-state index in [1.165, 1.54) is 24.9 Å². The number of hydrogen-bond donors (Lipinski definition) is 0. The highest BCUT2D eigenvalue weighted by Crippen LogP contribution is 2.20. The summed E-state index contributed by atoms with van der Waals surface area (Å²) in [5, 5.41) is 0.822. The van der Waals surface area contributed by atoms with E-state index in [-0.39, 0.29) is 0 Å². The van der Waals surface area contributed by atoms with Crippen LogP contribution in [0.4, 0.5) is 0 Å². The van der Waals surface area contributed by atoms with Gasteiger partial charge in [-0.3, -0.25) is 4.90 Å². The Kier molecular flexibility index (Phi) is 3.09. The number of halogens is 1. The van der Waals surface area contributed by atoms with Gasteiger partial charge >= 0.3 is 0 Å². The van der Waals surface area contributed by atoms with Crippen LogP contribution < -0.4 is 0 Å². The van der Waals surface area contributed by atoms with Crippen molar-refractivity contribution < 1.29 is 0 Å². The van der Waals surface area contributed by atoms with Gasteiger partial charge in [0.15, 0.2) is 0 Å². The predicted molar refractivity (Wildman–Crippen MR) is 60.6 cm³/mol. The number of benzene rings is 1. The first kappa shape index (κ1) is 10.0. The summed E-state index contributed by atoms with van der Waals surface area (Å²) in [4.78, 5) is 2.53. The smallest absolute Gasteiger partial charge is 0.0406 e. The molecule has 0 spiro atoms. The quantitative estimate of drug-likeness (QED) is 0.723. The molecule has 0 N–H and O–H groups in total. The summed E-state index contributed by atoms with van der Waals surface area (Å²) in [7, 11) is 0. The van der Waals surface area contributed by atoms with Gasteiger partial charge in [-0.05, 0) is 44.0 Å². The Morgan fingerprint density at radius 1 is 1.36 bits per heavy atom. The normalized spacial score (nSPS) is 22.9. The van der Waals surface area contributed by atoms with Crippen LogP contribution in [0.2, 0.25) is 5.02 Å². The lowest BCUT2D eigenvalue weighted by Gasteiger charge is -2.20. The minimum Gasteiger partial charge on any atom is -0.296 e. The summed E-state index contributed by atoms with van der Waals surface area (Å²) in [5.41, 5.74) is 1.36. The summed E-state index contributed by atoms with van der Waals surface area (Å²) in [6.07, 6.45) is 2.68. The van der Waals surface area contributed by atoms with Gasteiger partial charge in [-0.1, -0.05) is 23.7 Å². The summed E-state index contributed by atoms with van der Waals surface area (Å²) in [6.45, 7) is 4.62. The molecule has 1 saturated heterocycles. The molecule has 0 aliphatic carbocycles. The molecule has 1 aromatic rings. The molecule has 1 nitrogen and oxygen atoms in total. The van der Waals surface area contributed by atoms with E-state index in [0.717, 1.165) is 17.6 Å². The fourth-order valence-electron chi connectivity index (χ4n) is 2.05. The Labute approximate surface area is 90.7 Å². The third-order valence-corrected chi connectivity index (χ3v) is 3.24. The second-order valence-electron chi connectivity index (χ2n) is 4.09. The molecule has 1 aliphatic rings. The van der Waals surface area contributed by atoms with Crippen molar-refractivity contribution in [3.8, 4) is 0 Å². The average Bonchev–Trinajstić information content (AvgIpc) is 2.56. The minimum absolute atomic E-state index is 0.741. The van der Waals surface area contributed by atoms with Gasteiger partial charge < -0.3 is 0 Å². The van der Waals surface area contributed by atoms with Gasteiger partial charge in [0.25, 0.3) is 0 Å². The Bertz CT molecular complexity index is 294. The van der Waals surface area contributed by atoms with Gasteiger partial charge in [0, 0.05) is 17.6 Å². The lowest BCUT2D eigenvalue weighted by atomic mass is 10.2. The van der Waals surface area contributed by atoms with E-state index in [0.29, 0.717) is 0 Å². The summed E-state index contributed by atoms with van der Waals surface area (Å²) < 4.78 is 0. The highest BCUT2D eigenvalue weighted by atomic mass is 35.5. The van der Waals surface area contributed by atoms with Crippen molar-refractivity contribution in [1.82, 2.24) is 4.90 Å². The van der Waals surface area contributed by atoms with Crippen LogP contribution in [0.3, 0.4) is 0 Å². The van der Waals surface area contributed by atoms with E-state index < -0.39 is 0 Å². The molecule has 0 amide bonds. The molecule has 0 saturated carbocycles. The Hall–Kier alpha value is -0.530. The number of rotatable bonds is 2. The standard InChI is InChI=1S/C12H16ClN/c1-10-3-2-8-14(10)9-11-4-6-12(13)7-5-11/h4-7,10H,2-3,8-9H2,1H3. The molecule has 1 heterocycles. The first-order valence-corrected chi connectivity index (χ1v) is 5.62. The second kappa shape index (κ2) is 4.33. The number of nitrogens with zero attached hydrogens (tertiary/aromatic N) is 1. The Morgan fingerprint density at radius 3 is 2.64 bits per heavy atom. The zero-order valence-electron chi connectivity index (χ0n) is 8.54. The maximum atomic E-state index is 5.84. The fourth-order valence-corrected chi connectivity index (χ4v) is 2.18. The third-order valence-electron chi connectivity index (χ3n) is 2.99. The van der Waals surface area contributed by atoms with Crippen molar-refractivity contribution in [1.29, 1.82) is 0 Å². The van der Waals surface area contributed by atoms with Gasteiger partial charge in [-0.2, -0.15) is 0 Å². The van der Waals surface area contributed by atoms with E-state index in [4.69, 9.17) is 11.6 Å². The van der Waals surface area contributed by atoms with Crippen LogP contribution in [-0.2, 0) is 6.54 Å². The van der Waals surface area contributed by atoms with Crippen LogP contribution in [-0.4, -0.2) is 17.5 Å². The van der Waals surface area contributed by atoms with E-state index in [1.807, 2.05) is 12.1 Å². The maximum Gasteiger partial charge on any atom is 0.0406 e. The highest BCUT2D eigenvalue weighted by molar-refractivity contribution is 6.30. The summed E-state index contributed by atoms with van der Waals surface area (Å²) in [5.74, 6) is 0. The second-order valence-corrected chi connectivity index (χ2v) is 4.52. The van der Waals surface area contributed by atoms with Crippen LogP contribution in [0.5, 0.6) is 0 Å². The van der Waals surface area contributed by atoms with E-state index in [9.17, 15) is 0 Å². The molecule has 0 radical (unpaired) electrons. The van der Waals surface area contributed by atoms with Crippen LogP contribution in [0.25, 0.3) is 0 Å². The lowest BCUT2D eigenvalue weighted by molar-refractivity contribution is 0.260. The first-order chi connectivity index (χ1) is 6.75. The van der Waals surface area contributed by atoms with Crippen molar-refractivity contribution >= 4 is 11.6 Å². The van der Waals surface area contributed by atoms with Gasteiger partial charge in [0.05, 0.1) is 0 Å². The number of likely N-dealkylation sites (tertiary alicyclic amines) is 1. The maximum absolute atomic E-state index is 5.84. The molecule has 2 rings (SSSR count). The van der Waals surface area contributed by atoms with E-state index in [1.54, 1.807) is 0 Å². The molecular weight excluding hydrogens is 194 g/mol. The van der Waals surface area contributed by atoms with Crippen LogP contribution in [0.15, 0.2) is 24.3 Å². The molecule has 0 bridgehead atoms. The molecule has 1 aromatic carbocycles.